The molecule has 1 atom stereocenters. The Balaban J connectivity index is 2.60. The summed E-state index contributed by atoms with van der Waals surface area (Å²) in [6.45, 7) is 0.357. The molecule has 1 unspecified atom stereocenters. The summed E-state index contributed by atoms with van der Waals surface area (Å²) in [6.07, 6.45) is 1.55. The fourth-order valence-corrected chi connectivity index (χ4v) is 1.16. The molecule has 1 amide bonds. The van der Waals surface area contributed by atoms with Crippen molar-refractivity contribution in [3.63, 3.8) is 0 Å². The largest absolute Gasteiger partial charge is 0.467 e. The average molecular weight is 218 g/mol. The van der Waals surface area contributed by atoms with Gasteiger partial charge in [0.05, 0.1) is 12.9 Å². The van der Waals surface area contributed by atoms with E-state index in [1.165, 1.54) is 0 Å². The zero-order chi connectivity index (χ0) is 10.4. The third-order valence-corrected chi connectivity index (χ3v) is 1.92. The number of hydrogen-bond acceptors (Lipinski definition) is 3. The van der Waals surface area contributed by atoms with Gasteiger partial charge in [-0.3, -0.25) is 4.79 Å². The van der Waals surface area contributed by atoms with Crippen molar-refractivity contribution in [3.8, 4) is 0 Å². The third-order valence-electron chi connectivity index (χ3n) is 1.68. The van der Waals surface area contributed by atoms with Crippen molar-refractivity contribution in [2.75, 3.05) is 19.6 Å². The van der Waals surface area contributed by atoms with Gasteiger partial charge in [0.25, 0.3) is 0 Å². The third kappa shape index (κ3) is 3.05. The molecule has 0 fully saturated rings. The Bertz CT molecular complexity index is 274. The lowest BCUT2D eigenvalue weighted by Crippen LogP contribution is -2.31. The van der Waals surface area contributed by atoms with E-state index >= 15 is 0 Å². The molecule has 0 radical (unpaired) electrons. The molecule has 0 spiro atoms. The van der Waals surface area contributed by atoms with Gasteiger partial charge < -0.3 is 14.5 Å². The van der Waals surface area contributed by atoms with E-state index in [-0.39, 0.29) is 17.8 Å². The zero-order valence-corrected chi connectivity index (χ0v) is 8.58. The quantitative estimate of drug-likeness (QED) is 0.757. The van der Waals surface area contributed by atoms with Gasteiger partial charge in [0.15, 0.2) is 0 Å². The van der Waals surface area contributed by atoms with E-state index in [9.17, 15) is 4.79 Å². The lowest BCUT2D eigenvalue weighted by atomic mass is 10.2. The van der Waals surface area contributed by atoms with Crippen molar-refractivity contribution in [1.29, 1.82) is 0 Å². The molecule has 1 aromatic heterocycles. The maximum Gasteiger partial charge on any atom is 0.235 e. The first-order valence-corrected chi connectivity index (χ1v) is 4.69. The molecular formula is C9H12ClNO3. The van der Waals surface area contributed by atoms with Crippen LogP contribution in [-0.2, 0) is 9.53 Å². The summed E-state index contributed by atoms with van der Waals surface area (Å²) in [5, 5.41) is 2.68. The number of halogens is 1. The van der Waals surface area contributed by atoms with Crippen molar-refractivity contribution < 1.29 is 13.9 Å². The van der Waals surface area contributed by atoms with Crippen molar-refractivity contribution in [3.05, 3.63) is 24.2 Å². The zero-order valence-electron chi connectivity index (χ0n) is 7.83. The molecule has 0 bridgehead atoms. The molecule has 1 heterocycles. The first kappa shape index (κ1) is 11.1. The van der Waals surface area contributed by atoms with Gasteiger partial charge >= 0.3 is 0 Å². The predicted octanol–water partition coefficient (Wildman–Crippen LogP) is 1.32. The minimum absolute atomic E-state index is 0.0685. The second-order valence-electron chi connectivity index (χ2n) is 2.72. The van der Waals surface area contributed by atoms with Gasteiger partial charge in [0, 0.05) is 7.11 Å². The van der Waals surface area contributed by atoms with E-state index in [1.807, 2.05) is 0 Å². The predicted molar refractivity (Wildman–Crippen MR) is 52.2 cm³/mol. The Morgan fingerprint density at radius 1 is 1.79 bits per heavy atom. The highest BCUT2D eigenvalue weighted by molar-refractivity contribution is 6.27. The summed E-state index contributed by atoms with van der Waals surface area (Å²) in [5.41, 5.74) is 0. The van der Waals surface area contributed by atoms with Gasteiger partial charge in [-0.2, -0.15) is 0 Å². The smallest absolute Gasteiger partial charge is 0.235 e. The van der Waals surface area contributed by atoms with Crippen LogP contribution in [0.1, 0.15) is 11.8 Å². The van der Waals surface area contributed by atoms with Crippen LogP contribution < -0.4 is 5.32 Å². The molecule has 0 aromatic carbocycles. The molecule has 0 saturated carbocycles. The summed E-state index contributed by atoms with van der Waals surface area (Å²) < 4.78 is 10.1. The van der Waals surface area contributed by atoms with Gasteiger partial charge in [-0.05, 0) is 12.1 Å². The van der Waals surface area contributed by atoms with Crippen molar-refractivity contribution >= 4 is 17.5 Å². The number of furan rings is 1. The van der Waals surface area contributed by atoms with Crippen molar-refractivity contribution in [2.45, 2.75) is 6.04 Å². The fraction of sp³-hybridized carbons (Fsp3) is 0.444. The standard InChI is InChI=1S/C9H12ClNO3/c1-13-6-7(11-9(12)5-10)8-3-2-4-14-8/h2-4,7H,5-6H2,1H3,(H,11,12). The molecule has 4 nitrogen and oxygen atoms in total. The van der Waals surface area contributed by atoms with Gasteiger partial charge in [-0.1, -0.05) is 0 Å². The SMILES string of the molecule is COCC(NC(=O)CCl)c1ccco1. The number of alkyl halides is 1. The maximum atomic E-state index is 11.1. The van der Waals surface area contributed by atoms with Crippen LogP contribution in [0.3, 0.4) is 0 Å². The number of carbonyl (C=O) groups is 1. The van der Waals surface area contributed by atoms with Crippen LogP contribution in [0, 0.1) is 0 Å². The highest BCUT2D eigenvalue weighted by atomic mass is 35.5. The Morgan fingerprint density at radius 2 is 2.57 bits per heavy atom. The number of ether oxygens (including phenoxy) is 1. The van der Waals surface area contributed by atoms with Crippen LogP contribution in [0.4, 0.5) is 0 Å². The topological polar surface area (TPSA) is 51.5 Å². The van der Waals surface area contributed by atoms with E-state index in [1.54, 1.807) is 25.5 Å². The van der Waals surface area contributed by atoms with Crippen LogP contribution >= 0.6 is 11.6 Å². The van der Waals surface area contributed by atoms with E-state index < -0.39 is 0 Å². The minimum Gasteiger partial charge on any atom is -0.467 e. The van der Waals surface area contributed by atoms with E-state index in [4.69, 9.17) is 20.8 Å². The summed E-state index contributed by atoms with van der Waals surface area (Å²) in [5.74, 6) is 0.344. The Hall–Kier alpha value is -1.00. The van der Waals surface area contributed by atoms with Crippen LogP contribution in [0.2, 0.25) is 0 Å². The Kier molecular flexibility index (Phi) is 4.49. The van der Waals surface area contributed by atoms with Crippen LogP contribution in [-0.4, -0.2) is 25.5 Å². The Morgan fingerprint density at radius 3 is 3.07 bits per heavy atom. The minimum atomic E-state index is -0.277. The lowest BCUT2D eigenvalue weighted by molar-refractivity contribution is -0.119. The number of rotatable bonds is 5. The fourth-order valence-electron chi connectivity index (χ4n) is 1.08. The molecule has 1 aromatic rings. The van der Waals surface area contributed by atoms with Crippen molar-refractivity contribution in [2.24, 2.45) is 0 Å². The number of nitrogens with one attached hydrogen (secondary N) is 1. The monoisotopic (exact) mass is 217 g/mol. The number of carbonyl (C=O) groups excluding carboxylic acids is 1. The van der Waals surface area contributed by atoms with Crippen molar-refractivity contribution in [1.82, 2.24) is 5.32 Å². The molecule has 0 saturated heterocycles. The van der Waals surface area contributed by atoms with Crippen LogP contribution in [0.15, 0.2) is 22.8 Å². The number of methoxy groups -OCH3 is 1. The molecule has 5 heteroatoms. The second kappa shape index (κ2) is 5.67. The van der Waals surface area contributed by atoms with Gasteiger partial charge in [-0.25, -0.2) is 0 Å². The lowest BCUT2D eigenvalue weighted by Gasteiger charge is -2.14. The molecule has 1 N–H and O–H groups in total. The highest BCUT2D eigenvalue weighted by Gasteiger charge is 2.15. The molecule has 14 heavy (non-hydrogen) atoms. The van der Waals surface area contributed by atoms with Gasteiger partial charge in [0.1, 0.15) is 17.7 Å². The molecule has 0 aliphatic rings. The first-order valence-electron chi connectivity index (χ1n) is 4.15. The Labute approximate surface area is 87.2 Å². The number of hydrogen-bond donors (Lipinski definition) is 1. The van der Waals surface area contributed by atoms with Gasteiger partial charge in [0.2, 0.25) is 5.91 Å². The highest BCUT2D eigenvalue weighted by Crippen LogP contribution is 2.13. The van der Waals surface area contributed by atoms with Crippen LogP contribution in [0.5, 0.6) is 0 Å². The van der Waals surface area contributed by atoms with E-state index in [2.05, 4.69) is 5.32 Å². The molecule has 0 aliphatic heterocycles. The second-order valence-corrected chi connectivity index (χ2v) is 2.99. The maximum absolute atomic E-state index is 11.1. The summed E-state index contributed by atoms with van der Waals surface area (Å²) >= 11 is 5.37. The molecule has 78 valence electrons. The summed E-state index contributed by atoms with van der Waals surface area (Å²) in [7, 11) is 1.56. The van der Waals surface area contributed by atoms with Gasteiger partial charge in [-0.15, -0.1) is 11.6 Å². The van der Waals surface area contributed by atoms with E-state index in [0.717, 1.165) is 0 Å². The van der Waals surface area contributed by atoms with Crippen LogP contribution in [0.25, 0.3) is 0 Å². The summed E-state index contributed by atoms with van der Waals surface area (Å²) in [4.78, 5) is 11.1. The molecular weight excluding hydrogens is 206 g/mol. The first-order chi connectivity index (χ1) is 6.77. The summed E-state index contributed by atoms with van der Waals surface area (Å²) in [6, 6.07) is 3.25. The van der Waals surface area contributed by atoms with E-state index in [0.29, 0.717) is 12.4 Å². The average Bonchev–Trinajstić information content (AvgIpc) is 2.69. The normalized spacial score (nSPS) is 12.4. The molecule has 0 aliphatic carbocycles. The molecule has 1 rings (SSSR count). The number of amides is 1.